The van der Waals surface area contributed by atoms with Gasteiger partial charge in [0.1, 0.15) is 0 Å². The predicted octanol–water partition coefficient (Wildman–Crippen LogP) is 1.85. The molecular weight excluding hydrogens is 278 g/mol. The maximum absolute atomic E-state index is 12.2. The van der Waals surface area contributed by atoms with Gasteiger partial charge in [-0.05, 0) is 19.3 Å². The van der Waals surface area contributed by atoms with Gasteiger partial charge in [0.05, 0.1) is 24.1 Å². The molecule has 1 amide bonds. The molecule has 3 rings (SSSR count). The fourth-order valence-electron chi connectivity index (χ4n) is 2.63. The highest BCUT2D eigenvalue weighted by molar-refractivity contribution is 5.79. The zero-order valence-electron chi connectivity index (χ0n) is 12.6. The molecule has 1 N–H and O–H groups in total. The van der Waals surface area contributed by atoms with Crippen LogP contribution in [0.2, 0.25) is 0 Å². The minimum Gasteiger partial charge on any atom is -0.350 e. The van der Waals surface area contributed by atoms with Crippen LogP contribution in [0.25, 0.3) is 11.3 Å². The van der Waals surface area contributed by atoms with E-state index < -0.39 is 0 Å². The summed E-state index contributed by atoms with van der Waals surface area (Å²) in [5.74, 6) is 0.163. The van der Waals surface area contributed by atoms with E-state index in [1.165, 1.54) is 0 Å². The Morgan fingerprint density at radius 1 is 1.36 bits per heavy atom. The minimum atomic E-state index is 0.0727. The number of amides is 1. The van der Waals surface area contributed by atoms with Gasteiger partial charge in [0, 0.05) is 37.1 Å². The van der Waals surface area contributed by atoms with Crippen molar-refractivity contribution in [3.8, 4) is 11.3 Å². The number of hydrogen-bond donors (Lipinski definition) is 1. The summed E-state index contributed by atoms with van der Waals surface area (Å²) in [6.07, 6.45) is 13.9. The van der Waals surface area contributed by atoms with Gasteiger partial charge in [0.2, 0.25) is 5.91 Å². The first-order chi connectivity index (χ1) is 10.7. The van der Waals surface area contributed by atoms with Gasteiger partial charge in [-0.25, -0.2) is 0 Å². The number of aryl methyl sites for hydroxylation is 1. The first kappa shape index (κ1) is 14.4. The van der Waals surface area contributed by atoms with E-state index in [9.17, 15) is 4.79 Å². The Kier molecular flexibility index (Phi) is 4.27. The molecule has 2 heterocycles. The molecule has 1 unspecified atom stereocenters. The largest absolute Gasteiger partial charge is 0.350 e. The third kappa shape index (κ3) is 3.21. The van der Waals surface area contributed by atoms with Crippen molar-refractivity contribution >= 4 is 5.91 Å². The molecule has 22 heavy (non-hydrogen) atoms. The predicted molar refractivity (Wildman–Crippen MR) is 82.6 cm³/mol. The second kappa shape index (κ2) is 6.51. The number of nitrogens with zero attached hydrogens (tertiary/aromatic N) is 4. The lowest BCUT2D eigenvalue weighted by Gasteiger charge is -2.17. The summed E-state index contributed by atoms with van der Waals surface area (Å²) in [7, 11) is 1.86. The number of aromatic nitrogens is 4. The highest BCUT2D eigenvalue weighted by Gasteiger charge is 2.19. The van der Waals surface area contributed by atoms with Crippen LogP contribution in [0, 0.1) is 5.92 Å². The molecule has 0 aromatic carbocycles. The number of carbonyl (C=O) groups excluding carboxylic acids is 1. The molecule has 2 aromatic heterocycles. The van der Waals surface area contributed by atoms with Gasteiger partial charge in [0.15, 0.2) is 0 Å². The first-order valence-corrected chi connectivity index (χ1v) is 7.45. The summed E-state index contributed by atoms with van der Waals surface area (Å²) in [5.41, 5.74) is 2.43. The van der Waals surface area contributed by atoms with Crippen molar-refractivity contribution in [3.63, 3.8) is 0 Å². The van der Waals surface area contributed by atoms with Crippen molar-refractivity contribution in [2.24, 2.45) is 13.0 Å². The first-order valence-electron chi connectivity index (χ1n) is 7.45. The summed E-state index contributed by atoms with van der Waals surface area (Å²) in [5, 5.41) is 7.14. The van der Waals surface area contributed by atoms with Crippen LogP contribution in [0.5, 0.6) is 0 Å². The molecule has 2 aromatic rings. The Morgan fingerprint density at radius 2 is 2.23 bits per heavy atom. The van der Waals surface area contributed by atoms with Crippen LogP contribution in [-0.2, 0) is 18.4 Å². The lowest BCUT2D eigenvalue weighted by Crippen LogP contribution is -2.31. The van der Waals surface area contributed by atoms with Crippen LogP contribution in [0.4, 0.5) is 0 Å². The van der Waals surface area contributed by atoms with Crippen LogP contribution >= 0.6 is 0 Å². The lowest BCUT2D eigenvalue weighted by molar-refractivity contribution is -0.125. The Balaban J connectivity index is 1.70. The van der Waals surface area contributed by atoms with E-state index in [1.807, 2.05) is 13.2 Å². The number of carbonyl (C=O) groups is 1. The fourth-order valence-corrected chi connectivity index (χ4v) is 2.63. The Morgan fingerprint density at radius 3 is 2.95 bits per heavy atom. The van der Waals surface area contributed by atoms with E-state index >= 15 is 0 Å². The summed E-state index contributed by atoms with van der Waals surface area (Å²) in [6, 6.07) is 0. The summed E-state index contributed by atoms with van der Waals surface area (Å²) in [6.45, 7) is 0.386. The van der Waals surface area contributed by atoms with Crippen LogP contribution < -0.4 is 5.32 Å². The Labute approximate surface area is 129 Å². The van der Waals surface area contributed by atoms with Gasteiger partial charge in [-0.3, -0.25) is 19.4 Å². The van der Waals surface area contributed by atoms with Crippen LogP contribution in [0.3, 0.4) is 0 Å². The van der Waals surface area contributed by atoms with Crippen LogP contribution in [-0.4, -0.2) is 25.7 Å². The second-order valence-corrected chi connectivity index (χ2v) is 5.45. The molecule has 1 aliphatic rings. The molecule has 0 fully saturated rings. The van der Waals surface area contributed by atoms with E-state index in [2.05, 4.69) is 32.5 Å². The third-order valence-corrected chi connectivity index (χ3v) is 3.82. The van der Waals surface area contributed by atoms with Crippen molar-refractivity contribution in [3.05, 3.63) is 42.6 Å². The van der Waals surface area contributed by atoms with E-state index in [0.717, 1.165) is 36.2 Å². The summed E-state index contributed by atoms with van der Waals surface area (Å²) < 4.78 is 1.72. The van der Waals surface area contributed by atoms with Gasteiger partial charge in [-0.15, -0.1) is 0 Å². The normalized spacial score (nSPS) is 17.4. The summed E-state index contributed by atoms with van der Waals surface area (Å²) >= 11 is 0. The number of allylic oxidation sites excluding steroid dienone is 2. The van der Waals surface area contributed by atoms with Gasteiger partial charge in [-0.2, -0.15) is 5.10 Å². The standard InChI is InChI=1S/C16H19N5O/c1-21-11-13(9-20-21)15-14(17-7-8-18-15)10-19-16(22)12-5-3-2-4-6-12/h2-3,7-9,11-12H,4-6,10H2,1H3,(H,19,22). The molecule has 6 heteroatoms. The zero-order valence-corrected chi connectivity index (χ0v) is 12.6. The average molecular weight is 297 g/mol. The average Bonchev–Trinajstić information content (AvgIpc) is 3.00. The number of rotatable bonds is 4. The SMILES string of the molecule is Cn1cc(-c2nccnc2CNC(=O)C2CC=CCC2)cn1. The maximum atomic E-state index is 12.2. The van der Waals surface area contributed by atoms with Crippen molar-refractivity contribution in [1.29, 1.82) is 0 Å². The molecule has 1 atom stereocenters. The monoisotopic (exact) mass is 297 g/mol. The third-order valence-electron chi connectivity index (χ3n) is 3.82. The number of hydrogen-bond acceptors (Lipinski definition) is 4. The minimum absolute atomic E-state index is 0.0727. The van der Waals surface area contributed by atoms with Crippen molar-refractivity contribution in [2.75, 3.05) is 0 Å². The Hall–Kier alpha value is -2.50. The van der Waals surface area contributed by atoms with E-state index in [4.69, 9.17) is 0 Å². The molecule has 114 valence electrons. The van der Waals surface area contributed by atoms with Gasteiger partial charge in [-0.1, -0.05) is 12.2 Å². The molecule has 0 bridgehead atoms. The molecular formula is C16H19N5O. The Bertz CT molecular complexity index is 691. The second-order valence-electron chi connectivity index (χ2n) is 5.45. The molecule has 6 nitrogen and oxygen atoms in total. The van der Waals surface area contributed by atoms with Crippen molar-refractivity contribution in [1.82, 2.24) is 25.1 Å². The van der Waals surface area contributed by atoms with Crippen molar-refractivity contribution < 1.29 is 4.79 Å². The maximum Gasteiger partial charge on any atom is 0.223 e. The molecule has 1 aliphatic carbocycles. The molecule has 0 aliphatic heterocycles. The zero-order chi connectivity index (χ0) is 15.4. The molecule has 0 radical (unpaired) electrons. The van der Waals surface area contributed by atoms with Gasteiger partial charge >= 0.3 is 0 Å². The summed E-state index contributed by atoms with van der Waals surface area (Å²) in [4.78, 5) is 20.9. The molecule has 0 spiro atoms. The smallest absolute Gasteiger partial charge is 0.223 e. The van der Waals surface area contributed by atoms with Gasteiger partial charge < -0.3 is 5.32 Å². The van der Waals surface area contributed by atoms with E-state index in [-0.39, 0.29) is 11.8 Å². The number of nitrogens with one attached hydrogen (secondary N) is 1. The van der Waals surface area contributed by atoms with Gasteiger partial charge in [0.25, 0.3) is 0 Å². The highest BCUT2D eigenvalue weighted by Crippen LogP contribution is 2.20. The van der Waals surface area contributed by atoms with Crippen molar-refractivity contribution in [2.45, 2.75) is 25.8 Å². The topological polar surface area (TPSA) is 72.7 Å². The van der Waals surface area contributed by atoms with Crippen LogP contribution in [0.15, 0.2) is 36.9 Å². The lowest BCUT2D eigenvalue weighted by atomic mass is 9.93. The van der Waals surface area contributed by atoms with Crippen LogP contribution in [0.1, 0.15) is 25.0 Å². The van der Waals surface area contributed by atoms with E-state index in [1.54, 1.807) is 23.3 Å². The van der Waals surface area contributed by atoms with E-state index in [0.29, 0.717) is 6.54 Å². The highest BCUT2D eigenvalue weighted by atomic mass is 16.1. The molecule has 0 saturated heterocycles. The quantitative estimate of drug-likeness (QED) is 0.874. The fraction of sp³-hybridized carbons (Fsp3) is 0.375. The molecule has 0 saturated carbocycles.